The normalized spacial score (nSPS) is 26.2. The lowest BCUT2D eigenvalue weighted by atomic mass is 9.86. The Bertz CT molecular complexity index is 149. The van der Waals surface area contributed by atoms with Gasteiger partial charge in [0.15, 0.2) is 0 Å². The maximum absolute atomic E-state index is 9.81. The molecule has 2 unspecified atom stereocenters. The van der Waals surface area contributed by atoms with Crippen molar-refractivity contribution in [1.29, 1.82) is 0 Å². The molecule has 1 heteroatoms. The molecule has 1 aliphatic carbocycles. The van der Waals surface area contributed by atoms with Gasteiger partial charge in [0, 0.05) is 0 Å². The Morgan fingerprint density at radius 1 is 1.42 bits per heavy atom. The van der Waals surface area contributed by atoms with Crippen LogP contribution in [0.3, 0.4) is 0 Å². The SMILES string of the molecule is CC(C)CC(O)C1CC=CCC1. The van der Waals surface area contributed by atoms with E-state index in [4.69, 9.17) is 0 Å². The molecule has 0 spiro atoms. The Hall–Kier alpha value is -0.300. The lowest BCUT2D eigenvalue weighted by molar-refractivity contribution is 0.0816. The Labute approximate surface area is 75.5 Å². The number of aliphatic hydroxyl groups is 1. The summed E-state index contributed by atoms with van der Waals surface area (Å²) in [6.07, 6.45) is 8.71. The number of hydrogen-bond acceptors (Lipinski definition) is 1. The predicted octanol–water partition coefficient (Wildman–Crippen LogP) is 2.75. The Morgan fingerprint density at radius 2 is 2.17 bits per heavy atom. The molecule has 0 amide bonds. The van der Waals surface area contributed by atoms with E-state index in [1.165, 1.54) is 6.42 Å². The number of rotatable bonds is 3. The van der Waals surface area contributed by atoms with Gasteiger partial charge in [-0.15, -0.1) is 0 Å². The van der Waals surface area contributed by atoms with Crippen LogP contribution < -0.4 is 0 Å². The lowest BCUT2D eigenvalue weighted by Crippen LogP contribution is -2.22. The molecule has 0 heterocycles. The molecule has 0 bridgehead atoms. The van der Waals surface area contributed by atoms with E-state index in [1.54, 1.807) is 0 Å². The molecule has 1 nitrogen and oxygen atoms in total. The summed E-state index contributed by atoms with van der Waals surface area (Å²) < 4.78 is 0. The first kappa shape index (κ1) is 9.79. The average molecular weight is 168 g/mol. The molecule has 0 aromatic carbocycles. The molecule has 12 heavy (non-hydrogen) atoms. The second-order valence-electron chi connectivity index (χ2n) is 4.24. The van der Waals surface area contributed by atoms with Gasteiger partial charge in [-0.2, -0.15) is 0 Å². The zero-order valence-corrected chi connectivity index (χ0v) is 8.16. The van der Waals surface area contributed by atoms with Crippen molar-refractivity contribution in [2.24, 2.45) is 11.8 Å². The Balaban J connectivity index is 2.31. The van der Waals surface area contributed by atoms with Crippen molar-refractivity contribution >= 4 is 0 Å². The summed E-state index contributed by atoms with van der Waals surface area (Å²) in [5, 5.41) is 9.81. The minimum absolute atomic E-state index is 0.0741. The lowest BCUT2D eigenvalue weighted by Gasteiger charge is -2.24. The molecular formula is C11H20O. The third-order valence-corrected chi connectivity index (χ3v) is 2.57. The highest BCUT2D eigenvalue weighted by Crippen LogP contribution is 2.24. The first-order valence-electron chi connectivity index (χ1n) is 5.03. The van der Waals surface area contributed by atoms with Crippen LogP contribution in [0.1, 0.15) is 39.5 Å². The first-order chi connectivity index (χ1) is 5.70. The van der Waals surface area contributed by atoms with Crippen molar-refractivity contribution < 1.29 is 5.11 Å². The van der Waals surface area contributed by atoms with Gasteiger partial charge in [-0.05, 0) is 37.5 Å². The van der Waals surface area contributed by atoms with Crippen molar-refractivity contribution in [2.45, 2.75) is 45.6 Å². The predicted molar refractivity (Wildman–Crippen MR) is 51.9 cm³/mol. The summed E-state index contributed by atoms with van der Waals surface area (Å²) in [5.74, 6) is 1.14. The average Bonchev–Trinajstić information content (AvgIpc) is 2.05. The third kappa shape index (κ3) is 2.98. The van der Waals surface area contributed by atoms with Gasteiger partial charge in [0.25, 0.3) is 0 Å². The zero-order chi connectivity index (χ0) is 8.97. The molecule has 0 fully saturated rings. The van der Waals surface area contributed by atoms with Crippen LogP contribution in [-0.4, -0.2) is 11.2 Å². The standard InChI is InChI=1S/C11H20O/c1-9(2)8-11(12)10-6-4-3-5-7-10/h3-4,9-12H,5-8H2,1-2H3. The smallest absolute Gasteiger partial charge is 0.0573 e. The minimum atomic E-state index is -0.0741. The Morgan fingerprint density at radius 3 is 2.67 bits per heavy atom. The number of allylic oxidation sites excluding steroid dienone is 2. The van der Waals surface area contributed by atoms with E-state index in [9.17, 15) is 5.11 Å². The van der Waals surface area contributed by atoms with Crippen molar-refractivity contribution in [1.82, 2.24) is 0 Å². The highest BCUT2D eigenvalue weighted by molar-refractivity contribution is 4.92. The van der Waals surface area contributed by atoms with E-state index in [1.807, 2.05) is 0 Å². The van der Waals surface area contributed by atoms with Gasteiger partial charge in [-0.3, -0.25) is 0 Å². The van der Waals surface area contributed by atoms with Crippen molar-refractivity contribution in [3.8, 4) is 0 Å². The molecule has 0 radical (unpaired) electrons. The van der Waals surface area contributed by atoms with Crippen molar-refractivity contribution in [3.63, 3.8) is 0 Å². The van der Waals surface area contributed by atoms with Gasteiger partial charge in [0.05, 0.1) is 6.10 Å². The summed E-state index contributed by atoms with van der Waals surface area (Å²) in [6, 6.07) is 0. The van der Waals surface area contributed by atoms with E-state index < -0.39 is 0 Å². The van der Waals surface area contributed by atoms with Gasteiger partial charge in [0.2, 0.25) is 0 Å². The summed E-state index contributed by atoms with van der Waals surface area (Å²) in [6.45, 7) is 4.34. The van der Waals surface area contributed by atoms with E-state index in [2.05, 4.69) is 26.0 Å². The van der Waals surface area contributed by atoms with Crippen LogP contribution in [0.4, 0.5) is 0 Å². The van der Waals surface area contributed by atoms with Gasteiger partial charge in [-0.25, -0.2) is 0 Å². The summed E-state index contributed by atoms with van der Waals surface area (Å²) in [4.78, 5) is 0. The quantitative estimate of drug-likeness (QED) is 0.642. The topological polar surface area (TPSA) is 20.2 Å². The molecule has 0 aromatic heterocycles. The van der Waals surface area contributed by atoms with Crippen LogP contribution in [0.2, 0.25) is 0 Å². The molecule has 1 N–H and O–H groups in total. The molecule has 0 aromatic rings. The van der Waals surface area contributed by atoms with Crippen molar-refractivity contribution in [2.75, 3.05) is 0 Å². The maximum atomic E-state index is 9.81. The highest BCUT2D eigenvalue weighted by atomic mass is 16.3. The van der Waals surface area contributed by atoms with E-state index in [-0.39, 0.29) is 6.10 Å². The molecule has 1 rings (SSSR count). The molecule has 1 aliphatic rings. The van der Waals surface area contributed by atoms with Crippen LogP contribution in [0.25, 0.3) is 0 Å². The molecule has 0 saturated carbocycles. The molecule has 0 aliphatic heterocycles. The fourth-order valence-electron chi connectivity index (χ4n) is 1.84. The van der Waals surface area contributed by atoms with Gasteiger partial charge in [-0.1, -0.05) is 26.0 Å². The largest absolute Gasteiger partial charge is 0.393 e. The van der Waals surface area contributed by atoms with Crippen LogP contribution in [0.5, 0.6) is 0 Å². The van der Waals surface area contributed by atoms with Gasteiger partial charge >= 0.3 is 0 Å². The molecule has 2 atom stereocenters. The van der Waals surface area contributed by atoms with Crippen LogP contribution in [0, 0.1) is 11.8 Å². The summed E-state index contributed by atoms with van der Waals surface area (Å²) in [7, 11) is 0. The van der Waals surface area contributed by atoms with E-state index >= 15 is 0 Å². The minimum Gasteiger partial charge on any atom is -0.393 e. The van der Waals surface area contributed by atoms with Crippen LogP contribution in [0.15, 0.2) is 12.2 Å². The fourth-order valence-corrected chi connectivity index (χ4v) is 1.84. The second-order valence-corrected chi connectivity index (χ2v) is 4.24. The van der Waals surface area contributed by atoms with E-state index in [0.717, 1.165) is 19.3 Å². The first-order valence-corrected chi connectivity index (χ1v) is 5.03. The summed E-state index contributed by atoms with van der Waals surface area (Å²) >= 11 is 0. The maximum Gasteiger partial charge on any atom is 0.0573 e. The number of hydrogen-bond donors (Lipinski definition) is 1. The molecule has 70 valence electrons. The third-order valence-electron chi connectivity index (χ3n) is 2.57. The zero-order valence-electron chi connectivity index (χ0n) is 8.16. The number of aliphatic hydroxyl groups excluding tert-OH is 1. The van der Waals surface area contributed by atoms with E-state index in [0.29, 0.717) is 11.8 Å². The highest BCUT2D eigenvalue weighted by Gasteiger charge is 2.19. The molecular weight excluding hydrogens is 148 g/mol. The van der Waals surface area contributed by atoms with Gasteiger partial charge in [0.1, 0.15) is 0 Å². The fraction of sp³-hybridized carbons (Fsp3) is 0.818. The molecule has 0 saturated heterocycles. The van der Waals surface area contributed by atoms with Crippen LogP contribution >= 0.6 is 0 Å². The van der Waals surface area contributed by atoms with Crippen LogP contribution in [-0.2, 0) is 0 Å². The van der Waals surface area contributed by atoms with Gasteiger partial charge < -0.3 is 5.11 Å². The second kappa shape index (κ2) is 4.66. The van der Waals surface area contributed by atoms with Crippen molar-refractivity contribution in [3.05, 3.63) is 12.2 Å². The summed E-state index contributed by atoms with van der Waals surface area (Å²) in [5.41, 5.74) is 0. The monoisotopic (exact) mass is 168 g/mol. The Kier molecular flexibility index (Phi) is 3.80.